The first-order valence-corrected chi connectivity index (χ1v) is 6.23. The highest BCUT2D eigenvalue weighted by molar-refractivity contribution is 5.81. The second-order valence-electron chi connectivity index (χ2n) is 5.35. The maximum atomic E-state index is 11.7. The van der Waals surface area contributed by atoms with Crippen LogP contribution in [0.2, 0.25) is 0 Å². The van der Waals surface area contributed by atoms with E-state index in [2.05, 4.69) is 5.32 Å². The Bertz CT molecular complexity index is 535. The molecule has 0 aliphatic carbocycles. The lowest BCUT2D eigenvalue weighted by Gasteiger charge is -2.22. The fraction of sp³-hybridized carbons (Fsp3) is 0.429. The van der Waals surface area contributed by atoms with E-state index >= 15 is 0 Å². The molecule has 0 unspecified atom stereocenters. The molecule has 1 aromatic carbocycles. The minimum Gasteiger partial charge on any atom is -0.504 e. The molecule has 0 fully saturated rings. The van der Waals surface area contributed by atoms with Gasteiger partial charge in [-0.1, -0.05) is 6.07 Å². The van der Waals surface area contributed by atoms with E-state index in [0.717, 1.165) is 0 Å². The average Bonchev–Trinajstić information content (AvgIpc) is 2.33. The number of carbonyl (C=O) groups excluding carboxylic acids is 1. The summed E-state index contributed by atoms with van der Waals surface area (Å²) in [4.78, 5) is 23.0. The summed E-state index contributed by atoms with van der Waals surface area (Å²) in [7, 11) is 1.38. The molecule has 0 aliphatic heterocycles. The van der Waals surface area contributed by atoms with Crippen molar-refractivity contribution in [2.45, 2.75) is 32.4 Å². The third-order valence-corrected chi connectivity index (χ3v) is 2.44. The van der Waals surface area contributed by atoms with Gasteiger partial charge in [-0.3, -0.25) is 0 Å². The number of rotatable bonds is 4. The summed E-state index contributed by atoms with van der Waals surface area (Å²) in [6, 6.07) is 2.73. The molecule has 0 aliphatic rings. The van der Waals surface area contributed by atoms with Crippen molar-refractivity contribution in [2.75, 3.05) is 7.11 Å². The van der Waals surface area contributed by atoms with Crippen LogP contribution < -0.4 is 10.1 Å². The molecule has 0 bridgehead atoms. The smallest absolute Gasteiger partial charge is 0.408 e. The summed E-state index contributed by atoms with van der Waals surface area (Å²) in [5, 5.41) is 21.1. The SMILES string of the molecule is COc1ccc([C@@H](NC(=O)OC(C)(C)C)C(=O)O)cc1O. The van der Waals surface area contributed by atoms with Gasteiger partial charge in [-0.25, -0.2) is 9.59 Å². The number of phenolic OH excluding ortho intramolecular Hbond substituents is 1. The zero-order valence-electron chi connectivity index (χ0n) is 12.3. The number of methoxy groups -OCH3 is 1. The molecule has 116 valence electrons. The lowest BCUT2D eigenvalue weighted by Crippen LogP contribution is -2.38. The number of hydrogen-bond donors (Lipinski definition) is 3. The Labute approximate surface area is 122 Å². The summed E-state index contributed by atoms with van der Waals surface area (Å²) in [6.45, 7) is 5.00. The Morgan fingerprint density at radius 2 is 1.90 bits per heavy atom. The zero-order valence-corrected chi connectivity index (χ0v) is 12.3. The highest BCUT2D eigenvalue weighted by Crippen LogP contribution is 2.29. The van der Waals surface area contributed by atoms with Crippen molar-refractivity contribution in [3.8, 4) is 11.5 Å². The highest BCUT2D eigenvalue weighted by Gasteiger charge is 2.26. The second kappa shape index (κ2) is 6.34. The third kappa shape index (κ3) is 4.87. The minimum absolute atomic E-state index is 0.201. The van der Waals surface area contributed by atoms with Crippen LogP contribution >= 0.6 is 0 Å². The van der Waals surface area contributed by atoms with Gasteiger partial charge in [-0.05, 0) is 38.5 Å². The highest BCUT2D eigenvalue weighted by atomic mass is 16.6. The molecule has 0 radical (unpaired) electrons. The predicted octanol–water partition coefficient (Wildman–Crippen LogP) is 2.05. The van der Waals surface area contributed by atoms with Crippen LogP contribution in [0.1, 0.15) is 32.4 Å². The maximum absolute atomic E-state index is 11.7. The number of hydrogen-bond acceptors (Lipinski definition) is 5. The van der Waals surface area contributed by atoms with Crippen molar-refractivity contribution < 1.29 is 29.3 Å². The van der Waals surface area contributed by atoms with E-state index in [-0.39, 0.29) is 17.1 Å². The minimum atomic E-state index is -1.34. The number of ether oxygens (including phenoxy) is 2. The molecule has 1 amide bonds. The normalized spacial score (nSPS) is 12.4. The first-order valence-electron chi connectivity index (χ1n) is 6.23. The number of benzene rings is 1. The van der Waals surface area contributed by atoms with Crippen LogP contribution in [0.4, 0.5) is 4.79 Å². The second-order valence-corrected chi connectivity index (χ2v) is 5.35. The summed E-state index contributed by atoms with van der Waals surface area (Å²) in [5.74, 6) is -1.28. The van der Waals surface area contributed by atoms with Gasteiger partial charge in [0.1, 0.15) is 5.60 Å². The van der Waals surface area contributed by atoms with Crippen LogP contribution in [0.25, 0.3) is 0 Å². The third-order valence-electron chi connectivity index (χ3n) is 2.44. The van der Waals surface area contributed by atoms with Crippen LogP contribution in [0.3, 0.4) is 0 Å². The fourth-order valence-corrected chi connectivity index (χ4v) is 1.60. The van der Waals surface area contributed by atoms with Crippen molar-refractivity contribution in [3.05, 3.63) is 23.8 Å². The van der Waals surface area contributed by atoms with Crippen LogP contribution in [0, 0.1) is 0 Å². The number of aromatic hydroxyl groups is 1. The Morgan fingerprint density at radius 1 is 1.29 bits per heavy atom. The van der Waals surface area contributed by atoms with E-state index in [4.69, 9.17) is 9.47 Å². The lowest BCUT2D eigenvalue weighted by atomic mass is 10.1. The van der Waals surface area contributed by atoms with Crippen molar-refractivity contribution in [3.63, 3.8) is 0 Å². The standard InChI is InChI=1S/C14H19NO6/c1-14(2,3)21-13(19)15-11(12(17)18)8-5-6-10(20-4)9(16)7-8/h5-7,11,16H,1-4H3,(H,15,19)(H,17,18)/t11-/m1/s1. The van der Waals surface area contributed by atoms with Crippen molar-refractivity contribution >= 4 is 12.1 Å². The number of nitrogens with one attached hydrogen (secondary N) is 1. The molecule has 21 heavy (non-hydrogen) atoms. The Balaban J connectivity index is 2.95. The van der Waals surface area contributed by atoms with Crippen molar-refractivity contribution in [1.29, 1.82) is 0 Å². The number of carboxylic acid groups (broad SMARTS) is 1. The Morgan fingerprint density at radius 3 is 2.33 bits per heavy atom. The summed E-state index contributed by atoms with van der Waals surface area (Å²) < 4.78 is 9.89. The van der Waals surface area contributed by atoms with E-state index in [1.807, 2.05) is 0 Å². The van der Waals surface area contributed by atoms with Gasteiger partial charge in [-0.15, -0.1) is 0 Å². The van der Waals surface area contributed by atoms with Gasteiger partial charge in [-0.2, -0.15) is 0 Å². The molecule has 1 atom stereocenters. The van der Waals surface area contributed by atoms with E-state index < -0.39 is 23.7 Å². The molecule has 0 heterocycles. The maximum Gasteiger partial charge on any atom is 0.408 e. The topological polar surface area (TPSA) is 105 Å². The van der Waals surface area contributed by atoms with Crippen molar-refractivity contribution in [1.82, 2.24) is 5.32 Å². The Kier molecular flexibility index (Phi) is 5.02. The number of aliphatic carboxylic acids is 1. The van der Waals surface area contributed by atoms with E-state index in [1.54, 1.807) is 20.8 Å². The van der Waals surface area contributed by atoms with Gasteiger partial charge in [0.05, 0.1) is 7.11 Å². The largest absolute Gasteiger partial charge is 0.504 e. The first-order chi connectivity index (χ1) is 9.64. The average molecular weight is 297 g/mol. The molecule has 0 aromatic heterocycles. The first kappa shape index (κ1) is 16.6. The molecule has 0 spiro atoms. The number of alkyl carbamates (subject to hydrolysis) is 1. The van der Waals surface area contributed by atoms with Gasteiger partial charge in [0.25, 0.3) is 0 Å². The predicted molar refractivity (Wildman–Crippen MR) is 74.4 cm³/mol. The monoisotopic (exact) mass is 297 g/mol. The van der Waals surface area contributed by atoms with E-state index in [9.17, 15) is 19.8 Å². The molecule has 1 rings (SSSR count). The molecule has 1 aromatic rings. The molecule has 7 nitrogen and oxygen atoms in total. The molecule has 7 heteroatoms. The van der Waals surface area contributed by atoms with E-state index in [0.29, 0.717) is 0 Å². The number of phenols is 1. The summed E-state index contributed by atoms with van der Waals surface area (Å²) >= 11 is 0. The van der Waals surface area contributed by atoms with Gasteiger partial charge in [0.15, 0.2) is 17.5 Å². The molecule has 0 saturated carbocycles. The number of carboxylic acids is 1. The quantitative estimate of drug-likeness (QED) is 0.785. The Hall–Kier alpha value is -2.44. The van der Waals surface area contributed by atoms with Crippen LogP contribution in [-0.4, -0.2) is 35.0 Å². The summed E-state index contributed by atoms with van der Waals surface area (Å²) in [6.07, 6.45) is -0.856. The number of carbonyl (C=O) groups is 2. The lowest BCUT2D eigenvalue weighted by molar-refractivity contribution is -0.139. The van der Waals surface area contributed by atoms with Crippen LogP contribution in [-0.2, 0) is 9.53 Å². The van der Waals surface area contributed by atoms with Crippen molar-refractivity contribution in [2.24, 2.45) is 0 Å². The molecule has 3 N–H and O–H groups in total. The fourth-order valence-electron chi connectivity index (χ4n) is 1.60. The summed E-state index contributed by atoms with van der Waals surface area (Å²) in [5.41, 5.74) is -0.540. The number of amides is 1. The molecular formula is C14H19NO6. The van der Waals surface area contributed by atoms with E-state index in [1.165, 1.54) is 25.3 Å². The van der Waals surface area contributed by atoms with Crippen LogP contribution in [0.5, 0.6) is 11.5 Å². The van der Waals surface area contributed by atoms with Gasteiger partial charge in [0.2, 0.25) is 0 Å². The van der Waals surface area contributed by atoms with Gasteiger partial charge >= 0.3 is 12.1 Å². The van der Waals surface area contributed by atoms with Crippen LogP contribution in [0.15, 0.2) is 18.2 Å². The zero-order chi connectivity index (χ0) is 16.2. The molecule has 0 saturated heterocycles. The molecular weight excluding hydrogens is 278 g/mol. The van der Waals surface area contributed by atoms with Gasteiger partial charge in [0, 0.05) is 0 Å². The van der Waals surface area contributed by atoms with Gasteiger partial charge < -0.3 is 25.0 Å².